The van der Waals surface area contributed by atoms with E-state index in [1.807, 2.05) is 10.6 Å². The third-order valence-electron chi connectivity index (χ3n) is 8.30. The van der Waals surface area contributed by atoms with Crippen LogP contribution >= 0.6 is 0 Å². The molecule has 2 atom stereocenters. The third kappa shape index (κ3) is 6.09. The van der Waals surface area contributed by atoms with Crippen molar-refractivity contribution in [1.82, 2.24) is 9.55 Å². The number of benzene rings is 2. The Morgan fingerprint density at radius 1 is 0.761 bits per heavy atom. The maximum Gasteiger partial charge on any atom is 0.337 e. The van der Waals surface area contributed by atoms with Crippen molar-refractivity contribution in [3.05, 3.63) is 117 Å². The number of anilines is 3. The number of hydrogen-bond acceptors (Lipinski definition) is 9. The molecule has 2 N–H and O–H groups in total. The summed E-state index contributed by atoms with van der Waals surface area (Å²) in [6.07, 6.45) is 4.00. The Hall–Kier alpha value is -5.78. The maximum absolute atomic E-state index is 13.5. The highest BCUT2D eigenvalue weighted by Gasteiger charge is 2.35. The number of methoxy groups -OCH3 is 2. The van der Waals surface area contributed by atoms with Crippen molar-refractivity contribution in [2.45, 2.75) is 18.9 Å². The number of fused-ring (bicyclic) bond motifs is 4. The quantitative estimate of drug-likeness (QED) is 0.293. The highest BCUT2D eigenvalue weighted by Crippen LogP contribution is 2.39. The van der Waals surface area contributed by atoms with E-state index in [1.54, 1.807) is 42.5 Å². The van der Waals surface area contributed by atoms with E-state index in [1.165, 1.54) is 44.8 Å². The number of pyridine rings is 2. The molecule has 12 nitrogen and oxygen atoms in total. The van der Waals surface area contributed by atoms with E-state index in [4.69, 9.17) is 9.47 Å². The largest absolute Gasteiger partial charge is 0.465 e. The van der Waals surface area contributed by atoms with Crippen molar-refractivity contribution in [1.29, 1.82) is 0 Å². The first-order valence-electron chi connectivity index (χ1n) is 14.7. The fourth-order valence-electron chi connectivity index (χ4n) is 6.22. The zero-order chi connectivity index (χ0) is 32.4. The van der Waals surface area contributed by atoms with E-state index in [-0.39, 0.29) is 45.7 Å². The van der Waals surface area contributed by atoms with E-state index in [2.05, 4.69) is 20.5 Å². The summed E-state index contributed by atoms with van der Waals surface area (Å²) < 4.78 is 11.4. The second-order valence-electron chi connectivity index (χ2n) is 11.3. The molecule has 0 aliphatic carbocycles. The van der Waals surface area contributed by atoms with Gasteiger partial charge in [-0.25, -0.2) is 9.59 Å². The van der Waals surface area contributed by atoms with Crippen LogP contribution < -0.4 is 21.1 Å². The van der Waals surface area contributed by atoms with Gasteiger partial charge in [0.25, 0.3) is 17.4 Å². The predicted molar refractivity (Wildman–Crippen MR) is 169 cm³/mol. The van der Waals surface area contributed by atoms with Crippen molar-refractivity contribution < 1.29 is 28.7 Å². The third-order valence-corrected chi connectivity index (χ3v) is 8.30. The summed E-state index contributed by atoms with van der Waals surface area (Å²) in [5.41, 5.74) is 3.07. The molecule has 4 aromatic rings. The monoisotopic (exact) mass is 621 g/mol. The van der Waals surface area contributed by atoms with Gasteiger partial charge < -0.3 is 29.6 Å². The molecule has 46 heavy (non-hydrogen) atoms. The number of nitrogens with one attached hydrogen (secondary N) is 2. The fourth-order valence-corrected chi connectivity index (χ4v) is 6.22. The number of aromatic nitrogens is 2. The van der Waals surface area contributed by atoms with Gasteiger partial charge in [0.15, 0.2) is 0 Å². The summed E-state index contributed by atoms with van der Waals surface area (Å²) in [6, 6.07) is 17.7. The van der Waals surface area contributed by atoms with Gasteiger partial charge in [-0.3, -0.25) is 19.4 Å². The summed E-state index contributed by atoms with van der Waals surface area (Å²) in [6.45, 7) is 1.90. The molecule has 234 valence electrons. The lowest BCUT2D eigenvalue weighted by Crippen LogP contribution is -2.47. The molecule has 2 aromatic heterocycles. The Labute approximate surface area is 264 Å². The predicted octanol–water partition coefficient (Wildman–Crippen LogP) is 3.94. The number of rotatable bonds is 7. The molecule has 2 amide bonds. The van der Waals surface area contributed by atoms with Gasteiger partial charge in [0, 0.05) is 66.5 Å². The number of ether oxygens (including phenoxy) is 2. The zero-order valence-corrected chi connectivity index (χ0v) is 25.2. The maximum atomic E-state index is 13.5. The second kappa shape index (κ2) is 12.7. The molecular formula is C34H31N5O7. The minimum atomic E-state index is -0.689. The minimum Gasteiger partial charge on any atom is -0.465 e. The van der Waals surface area contributed by atoms with Crippen LogP contribution in [0.15, 0.2) is 83.9 Å². The lowest BCUT2D eigenvalue weighted by atomic mass is 9.83. The average Bonchev–Trinajstić information content (AvgIpc) is 3.08. The lowest BCUT2D eigenvalue weighted by Gasteiger charge is -2.44. The van der Waals surface area contributed by atoms with Crippen molar-refractivity contribution in [2.75, 3.05) is 42.8 Å². The van der Waals surface area contributed by atoms with Crippen LogP contribution in [0.2, 0.25) is 0 Å². The molecule has 4 heterocycles. The van der Waals surface area contributed by atoms with Gasteiger partial charge >= 0.3 is 11.9 Å². The van der Waals surface area contributed by atoms with Crippen molar-refractivity contribution >= 4 is 40.8 Å². The Morgan fingerprint density at radius 3 is 2.15 bits per heavy atom. The van der Waals surface area contributed by atoms with Gasteiger partial charge in [-0.05, 0) is 66.9 Å². The Morgan fingerprint density at radius 2 is 1.46 bits per heavy atom. The molecule has 12 heteroatoms. The fraction of sp³-hybridized carbons (Fsp3) is 0.235. The Balaban J connectivity index is 1.33. The molecule has 0 spiro atoms. The van der Waals surface area contributed by atoms with Crippen LogP contribution in [0.3, 0.4) is 0 Å². The van der Waals surface area contributed by atoms with Crippen LogP contribution in [0, 0.1) is 5.92 Å². The van der Waals surface area contributed by atoms with Crippen molar-refractivity contribution in [3.8, 4) is 0 Å². The molecule has 2 aromatic carbocycles. The Bertz CT molecular complexity index is 1870. The highest BCUT2D eigenvalue weighted by molar-refractivity contribution is 6.09. The van der Waals surface area contributed by atoms with Gasteiger partial charge in [0.2, 0.25) is 0 Å². The molecule has 0 saturated carbocycles. The lowest BCUT2D eigenvalue weighted by molar-refractivity contribution is 0.0598. The van der Waals surface area contributed by atoms with Crippen LogP contribution in [-0.4, -0.2) is 60.6 Å². The zero-order valence-electron chi connectivity index (χ0n) is 25.2. The number of amides is 2. The highest BCUT2D eigenvalue weighted by atomic mass is 16.5. The molecule has 6 rings (SSSR count). The van der Waals surface area contributed by atoms with Crippen LogP contribution in [0.5, 0.6) is 0 Å². The number of nitrogens with zero attached hydrogens (tertiary/aromatic N) is 3. The molecule has 2 aliphatic rings. The molecule has 2 aliphatic heterocycles. The average molecular weight is 622 g/mol. The molecule has 0 radical (unpaired) electrons. The second-order valence-corrected chi connectivity index (χ2v) is 11.3. The summed E-state index contributed by atoms with van der Waals surface area (Å²) in [4.78, 5) is 70.0. The number of carbonyl (C=O) groups excluding carboxylic acids is 4. The smallest absolute Gasteiger partial charge is 0.337 e. The number of piperidine rings is 1. The topological polar surface area (TPSA) is 149 Å². The van der Waals surface area contributed by atoms with Gasteiger partial charge in [-0.1, -0.05) is 6.07 Å². The number of carbonyl (C=O) groups is 4. The summed E-state index contributed by atoms with van der Waals surface area (Å²) >= 11 is 0. The van der Waals surface area contributed by atoms with E-state index in [0.29, 0.717) is 30.9 Å². The molecule has 1 fully saturated rings. The van der Waals surface area contributed by atoms with Crippen molar-refractivity contribution in [3.63, 3.8) is 0 Å². The summed E-state index contributed by atoms with van der Waals surface area (Å²) in [7, 11) is 2.42. The number of hydrogen-bond donors (Lipinski definition) is 2. The van der Waals surface area contributed by atoms with E-state index in [9.17, 15) is 24.0 Å². The van der Waals surface area contributed by atoms with Gasteiger partial charge in [-0.2, -0.15) is 0 Å². The van der Waals surface area contributed by atoms with Gasteiger partial charge in [-0.15, -0.1) is 0 Å². The van der Waals surface area contributed by atoms with Crippen LogP contribution in [0.1, 0.15) is 59.5 Å². The van der Waals surface area contributed by atoms with Crippen LogP contribution in [0.4, 0.5) is 17.1 Å². The normalized spacial score (nSPS) is 16.5. The van der Waals surface area contributed by atoms with Crippen LogP contribution in [-0.2, 0) is 16.0 Å². The Kier molecular flexibility index (Phi) is 8.34. The first-order valence-corrected chi connectivity index (χ1v) is 14.7. The van der Waals surface area contributed by atoms with E-state index < -0.39 is 17.8 Å². The SMILES string of the molecule is COC(=O)c1cc(NC(=O)c2ccc(N3CC4CC(C3)c3cccc(=O)n3C4)c(NC(=O)c3ccncc3)c2)cc(C(=O)OC)c1. The van der Waals surface area contributed by atoms with Gasteiger partial charge in [0.05, 0.1) is 36.7 Å². The standard InChI is InChI=1S/C34H31N5O7/c1-45-33(43)23-13-24(34(44)46-2)15-26(14-23)36-32(42)22-6-7-29(27(16-22)37-31(41)21-8-10-35-11-9-21)38-17-20-12-25(19-38)28-4-3-5-30(40)39(28)18-20/h3-11,13-16,20,25H,12,17-19H2,1-2H3,(H,36,42)(H,37,41). The minimum absolute atomic E-state index is 0.00264. The first kappa shape index (κ1) is 30.3. The summed E-state index contributed by atoms with van der Waals surface area (Å²) in [5, 5.41) is 5.71. The molecule has 2 bridgehead atoms. The molecule has 1 saturated heterocycles. The van der Waals surface area contributed by atoms with Gasteiger partial charge in [0.1, 0.15) is 0 Å². The summed E-state index contributed by atoms with van der Waals surface area (Å²) in [5.74, 6) is -1.93. The number of esters is 2. The van der Waals surface area contributed by atoms with E-state index in [0.717, 1.165) is 17.8 Å². The van der Waals surface area contributed by atoms with E-state index >= 15 is 0 Å². The first-order chi connectivity index (χ1) is 22.2. The van der Waals surface area contributed by atoms with Crippen LogP contribution in [0.25, 0.3) is 0 Å². The molecular weight excluding hydrogens is 590 g/mol. The molecule has 2 unspecified atom stereocenters. The van der Waals surface area contributed by atoms with Crippen molar-refractivity contribution in [2.24, 2.45) is 5.92 Å².